The monoisotopic (exact) mass is 278 g/mol. The van der Waals surface area contributed by atoms with Crippen LogP contribution in [0.15, 0.2) is 16.9 Å². The Labute approximate surface area is 118 Å². The maximum Gasteiger partial charge on any atom is 0.328 e. The second kappa shape index (κ2) is 6.03. The molecule has 1 rings (SSSR count). The van der Waals surface area contributed by atoms with E-state index < -0.39 is 5.97 Å². The SMILES string of the molecule is CC(C)Cn1nc(C(C)(C)C)cc(/C=C/C(=O)O)c1=O. The van der Waals surface area contributed by atoms with E-state index >= 15 is 0 Å². The van der Waals surface area contributed by atoms with Gasteiger partial charge in [0, 0.05) is 23.6 Å². The molecule has 1 aromatic rings. The van der Waals surface area contributed by atoms with Crippen LogP contribution in [-0.4, -0.2) is 20.9 Å². The van der Waals surface area contributed by atoms with Crippen LogP contribution < -0.4 is 5.56 Å². The highest BCUT2D eigenvalue weighted by molar-refractivity contribution is 5.85. The summed E-state index contributed by atoms with van der Waals surface area (Å²) in [7, 11) is 0. The number of hydrogen-bond acceptors (Lipinski definition) is 3. The van der Waals surface area contributed by atoms with Crippen LogP contribution in [-0.2, 0) is 16.8 Å². The number of aromatic nitrogens is 2. The van der Waals surface area contributed by atoms with Gasteiger partial charge in [0.05, 0.1) is 5.69 Å². The van der Waals surface area contributed by atoms with Crippen molar-refractivity contribution in [3.05, 3.63) is 33.8 Å². The lowest BCUT2D eigenvalue weighted by molar-refractivity contribution is -0.131. The van der Waals surface area contributed by atoms with Gasteiger partial charge in [-0.15, -0.1) is 0 Å². The zero-order chi connectivity index (χ0) is 15.5. The van der Waals surface area contributed by atoms with E-state index in [1.807, 2.05) is 34.6 Å². The second-order valence-corrected chi connectivity index (χ2v) is 6.29. The van der Waals surface area contributed by atoms with Gasteiger partial charge in [0.1, 0.15) is 0 Å². The van der Waals surface area contributed by atoms with Gasteiger partial charge in [-0.2, -0.15) is 5.10 Å². The molecule has 0 aliphatic rings. The Morgan fingerprint density at radius 1 is 1.45 bits per heavy atom. The van der Waals surface area contributed by atoms with E-state index in [-0.39, 0.29) is 16.9 Å². The average molecular weight is 278 g/mol. The first-order chi connectivity index (χ1) is 9.11. The van der Waals surface area contributed by atoms with Gasteiger partial charge >= 0.3 is 5.97 Å². The molecule has 0 aromatic carbocycles. The van der Waals surface area contributed by atoms with Crippen LogP contribution in [0, 0.1) is 5.92 Å². The Kier molecular flexibility index (Phi) is 4.87. The average Bonchev–Trinajstić information content (AvgIpc) is 2.27. The van der Waals surface area contributed by atoms with E-state index in [1.54, 1.807) is 6.07 Å². The fraction of sp³-hybridized carbons (Fsp3) is 0.533. The summed E-state index contributed by atoms with van der Waals surface area (Å²) in [6.07, 6.45) is 2.31. The van der Waals surface area contributed by atoms with Crippen molar-refractivity contribution in [2.75, 3.05) is 0 Å². The molecule has 110 valence electrons. The van der Waals surface area contributed by atoms with Crippen molar-refractivity contribution >= 4 is 12.0 Å². The maximum absolute atomic E-state index is 12.3. The van der Waals surface area contributed by atoms with E-state index in [9.17, 15) is 9.59 Å². The van der Waals surface area contributed by atoms with Gasteiger partial charge in [-0.1, -0.05) is 34.6 Å². The fourth-order valence-electron chi connectivity index (χ4n) is 1.68. The van der Waals surface area contributed by atoms with E-state index in [0.29, 0.717) is 12.1 Å². The molecule has 0 atom stereocenters. The van der Waals surface area contributed by atoms with Crippen molar-refractivity contribution in [2.45, 2.75) is 46.6 Å². The molecule has 0 saturated heterocycles. The third kappa shape index (κ3) is 4.33. The molecule has 0 saturated carbocycles. The van der Waals surface area contributed by atoms with Crippen molar-refractivity contribution in [3.63, 3.8) is 0 Å². The Bertz CT molecular complexity index is 578. The molecule has 0 bridgehead atoms. The van der Waals surface area contributed by atoms with E-state index in [1.165, 1.54) is 10.8 Å². The van der Waals surface area contributed by atoms with Crippen LogP contribution in [0.4, 0.5) is 0 Å². The number of nitrogens with zero attached hydrogens (tertiary/aromatic N) is 2. The Morgan fingerprint density at radius 3 is 2.50 bits per heavy atom. The Morgan fingerprint density at radius 2 is 2.05 bits per heavy atom. The van der Waals surface area contributed by atoms with Crippen LogP contribution in [0.3, 0.4) is 0 Å². The molecule has 0 spiro atoms. The smallest absolute Gasteiger partial charge is 0.328 e. The number of carbonyl (C=O) groups is 1. The zero-order valence-corrected chi connectivity index (χ0v) is 12.7. The highest BCUT2D eigenvalue weighted by Gasteiger charge is 2.19. The number of rotatable bonds is 4. The Hall–Kier alpha value is -1.91. The third-order valence-corrected chi connectivity index (χ3v) is 2.71. The molecule has 0 aliphatic heterocycles. The van der Waals surface area contributed by atoms with Gasteiger partial charge in [-0.3, -0.25) is 4.79 Å². The fourth-order valence-corrected chi connectivity index (χ4v) is 1.68. The van der Waals surface area contributed by atoms with Crippen LogP contribution in [0.25, 0.3) is 6.08 Å². The molecule has 1 heterocycles. The number of carboxylic acid groups (broad SMARTS) is 1. The molecule has 1 N–H and O–H groups in total. The minimum atomic E-state index is -1.08. The molecule has 5 nitrogen and oxygen atoms in total. The first-order valence-corrected chi connectivity index (χ1v) is 6.65. The lowest BCUT2D eigenvalue weighted by Gasteiger charge is -2.20. The number of hydrogen-bond donors (Lipinski definition) is 1. The summed E-state index contributed by atoms with van der Waals surface area (Å²) < 4.78 is 1.42. The van der Waals surface area contributed by atoms with Crippen molar-refractivity contribution in [2.24, 2.45) is 5.92 Å². The molecule has 20 heavy (non-hydrogen) atoms. The minimum absolute atomic E-state index is 0.210. The van der Waals surface area contributed by atoms with Crippen molar-refractivity contribution < 1.29 is 9.90 Å². The van der Waals surface area contributed by atoms with Gasteiger partial charge in [-0.25, -0.2) is 9.48 Å². The van der Waals surface area contributed by atoms with Gasteiger partial charge in [-0.05, 0) is 18.1 Å². The highest BCUT2D eigenvalue weighted by atomic mass is 16.4. The van der Waals surface area contributed by atoms with Crippen LogP contribution in [0.1, 0.15) is 45.9 Å². The molecule has 5 heteroatoms. The van der Waals surface area contributed by atoms with Gasteiger partial charge in [0.15, 0.2) is 0 Å². The van der Waals surface area contributed by atoms with Crippen molar-refractivity contribution in [1.82, 2.24) is 9.78 Å². The van der Waals surface area contributed by atoms with Crippen LogP contribution in [0.2, 0.25) is 0 Å². The normalized spacial score (nSPS) is 12.3. The lowest BCUT2D eigenvalue weighted by atomic mass is 9.91. The maximum atomic E-state index is 12.3. The predicted octanol–water partition coefficient (Wildman–Crippen LogP) is 2.29. The standard InChI is InChI=1S/C15H22N2O3/c1-10(2)9-17-14(20)11(6-7-13(18)19)8-12(16-17)15(3,4)5/h6-8,10H,9H2,1-5H3,(H,18,19)/b7-6+. The number of carboxylic acids is 1. The minimum Gasteiger partial charge on any atom is -0.478 e. The van der Waals surface area contributed by atoms with Crippen molar-refractivity contribution in [3.8, 4) is 0 Å². The summed E-state index contributed by atoms with van der Waals surface area (Å²) in [5, 5.41) is 13.1. The molecule has 0 fully saturated rings. The summed E-state index contributed by atoms with van der Waals surface area (Å²) in [4.78, 5) is 22.9. The highest BCUT2D eigenvalue weighted by Crippen LogP contribution is 2.20. The first-order valence-electron chi connectivity index (χ1n) is 6.65. The summed E-state index contributed by atoms with van der Waals surface area (Å²) in [5.74, 6) is -0.791. The van der Waals surface area contributed by atoms with E-state index in [2.05, 4.69) is 5.10 Å². The van der Waals surface area contributed by atoms with Crippen molar-refractivity contribution in [1.29, 1.82) is 0 Å². The molecule has 0 unspecified atom stereocenters. The topological polar surface area (TPSA) is 72.2 Å². The molecular formula is C15H22N2O3. The van der Waals surface area contributed by atoms with Gasteiger partial charge in [0.25, 0.3) is 5.56 Å². The summed E-state index contributed by atoms with van der Waals surface area (Å²) in [6, 6.07) is 1.67. The third-order valence-electron chi connectivity index (χ3n) is 2.71. The predicted molar refractivity (Wildman–Crippen MR) is 78.7 cm³/mol. The Balaban J connectivity index is 3.42. The van der Waals surface area contributed by atoms with Gasteiger partial charge in [0.2, 0.25) is 0 Å². The molecule has 1 aromatic heterocycles. The van der Waals surface area contributed by atoms with E-state index in [0.717, 1.165) is 11.8 Å². The quantitative estimate of drug-likeness (QED) is 0.858. The summed E-state index contributed by atoms with van der Waals surface area (Å²) >= 11 is 0. The van der Waals surface area contributed by atoms with Gasteiger partial charge < -0.3 is 5.11 Å². The number of aliphatic carboxylic acids is 1. The summed E-state index contributed by atoms with van der Waals surface area (Å²) in [6.45, 7) is 10.5. The molecular weight excluding hydrogens is 256 g/mol. The zero-order valence-electron chi connectivity index (χ0n) is 12.7. The largest absolute Gasteiger partial charge is 0.478 e. The lowest BCUT2D eigenvalue weighted by Crippen LogP contribution is -2.30. The second-order valence-electron chi connectivity index (χ2n) is 6.29. The molecule has 0 aliphatic carbocycles. The molecule has 0 amide bonds. The van der Waals surface area contributed by atoms with Crippen LogP contribution in [0.5, 0.6) is 0 Å². The van der Waals surface area contributed by atoms with E-state index in [4.69, 9.17) is 5.11 Å². The summed E-state index contributed by atoms with van der Waals surface area (Å²) in [5.41, 5.74) is 0.651. The first kappa shape index (κ1) is 16.1. The molecule has 0 radical (unpaired) electrons. The van der Waals surface area contributed by atoms with Crippen LogP contribution >= 0.6 is 0 Å².